The molecule has 1 aliphatic heterocycles. The molecule has 0 atom stereocenters. The van der Waals surface area contributed by atoms with Crippen molar-refractivity contribution in [1.82, 2.24) is 0 Å². The first-order valence-electron chi connectivity index (χ1n) is 11.2. The zero-order valence-electron chi connectivity index (χ0n) is 20.8. The number of carboxylic acid groups (broad SMARTS) is 1. The number of fused-ring (bicyclic) bond motifs is 2. The van der Waals surface area contributed by atoms with E-state index in [1.807, 2.05) is 74.1 Å². The molecule has 2 aliphatic rings. The molecular formula is C27H28F3N2O2Si+. The molecule has 2 aromatic rings. The Kier molecular flexibility index (Phi) is 5.91. The summed E-state index contributed by atoms with van der Waals surface area (Å²) in [5.41, 5.74) is 1.48. The Hall–Kier alpha value is -3.39. The number of carboxylic acids is 1. The minimum atomic E-state index is -2.37. The molecule has 182 valence electrons. The van der Waals surface area contributed by atoms with Gasteiger partial charge < -0.3 is 10.0 Å². The average molecular weight is 498 g/mol. The third kappa shape index (κ3) is 3.67. The van der Waals surface area contributed by atoms with E-state index in [-0.39, 0.29) is 5.57 Å². The maximum atomic E-state index is 15.7. The van der Waals surface area contributed by atoms with Gasteiger partial charge in [-0.2, -0.15) is 0 Å². The molecule has 8 heteroatoms. The molecular weight excluding hydrogens is 469 g/mol. The Morgan fingerprint density at radius 2 is 1.69 bits per heavy atom. The summed E-state index contributed by atoms with van der Waals surface area (Å²) < 4.78 is 47.2. The third-order valence-corrected chi connectivity index (χ3v) is 10.4. The van der Waals surface area contributed by atoms with Crippen molar-refractivity contribution in [3.05, 3.63) is 86.9 Å². The average Bonchev–Trinajstić information content (AvgIpc) is 2.80. The highest BCUT2D eigenvalue weighted by Crippen LogP contribution is 2.44. The first kappa shape index (κ1) is 24.7. The molecule has 4 rings (SSSR count). The second-order valence-electron chi connectivity index (χ2n) is 9.87. The molecule has 0 spiro atoms. The predicted molar refractivity (Wildman–Crippen MR) is 136 cm³/mol. The van der Waals surface area contributed by atoms with E-state index < -0.39 is 48.2 Å². The summed E-state index contributed by atoms with van der Waals surface area (Å²) >= 11 is 0. The quantitative estimate of drug-likeness (QED) is 0.381. The van der Waals surface area contributed by atoms with Crippen molar-refractivity contribution >= 4 is 36.2 Å². The Bertz CT molecular complexity index is 1430. The summed E-state index contributed by atoms with van der Waals surface area (Å²) in [6.45, 7) is 5.49. The van der Waals surface area contributed by atoms with E-state index in [9.17, 15) is 14.3 Å². The van der Waals surface area contributed by atoms with Gasteiger partial charge in [-0.25, -0.2) is 22.5 Å². The van der Waals surface area contributed by atoms with E-state index in [1.54, 1.807) is 0 Å². The molecule has 0 unspecified atom stereocenters. The fraction of sp³-hybridized carbons (Fsp3) is 0.259. The number of carbonyl (C=O) groups is 1. The van der Waals surface area contributed by atoms with Crippen LogP contribution in [0.25, 0.3) is 5.57 Å². The lowest BCUT2D eigenvalue weighted by Gasteiger charge is -2.38. The topological polar surface area (TPSA) is 43.5 Å². The van der Waals surface area contributed by atoms with Gasteiger partial charge in [-0.15, -0.1) is 0 Å². The molecule has 1 heterocycles. The zero-order chi connectivity index (χ0) is 26.0. The minimum Gasteiger partial charge on any atom is -0.478 e. The number of nitrogens with zero attached hydrogens (tertiary/aromatic N) is 2. The number of aromatic carboxylic acids is 1. The van der Waals surface area contributed by atoms with Crippen molar-refractivity contribution in [3.63, 3.8) is 0 Å². The van der Waals surface area contributed by atoms with E-state index >= 15 is 8.78 Å². The van der Waals surface area contributed by atoms with Crippen molar-refractivity contribution in [3.8, 4) is 0 Å². The van der Waals surface area contributed by atoms with Gasteiger partial charge in [0, 0.05) is 43.1 Å². The highest BCUT2D eigenvalue weighted by Gasteiger charge is 2.42. The summed E-state index contributed by atoms with van der Waals surface area (Å²) in [4.78, 5) is 14.1. The third-order valence-electron chi connectivity index (χ3n) is 6.93. The van der Waals surface area contributed by atoms with Crippen LogP contribution in [0.5, 0.6) is 0 Å². The summed E-state index contributed by atoms with van der Waals surface area (Å²) in [6, 6.07) is 5.74. The van der Waals surface area contributed by atoms with Gasteiger partial charge in [-0.1, -0.05) is 19.2 Å². The Morgan fingerprint density at radius 1 is 1.03 bits per heavy atom. The van der Waals surface area contributed by atoms with Crippen LogP contribution < -0.4 is 10.1 Å². The lowest BCUT2D eigenvalue weighted by atomic mass is 9.85. The van der Waals surface area contributed by atoms with Crippen LogP contribution >= 0.6 is 0 Å². The standard InChI is InChI=1S/C27H27F3N2O2Si/c1-14-24(28)22(23(27(33)34)26(30)25(14)29)21-17-10-8-15(31(2)3)12-19(17)35(6,7)20-13-16(32(4)5)9-11-18(20)21/h8-13H,1-7H3/p+1. The number of benzene rings is 2. The van der Waals surface area contributed by atoms with Crippen LogP contribution in [0.3, 0.4) is 0 Å². The maximum absolute atomic E-state index is 15.7. The molecule has 35 heavy (non-hydrogen) atoms. The van der Waals surface area contributed by atoms with E-state index in [0.717, 1.165) is 28.7 Å². The van der Waals surface area contributed by atoms with Gasteiger partial charge in [0.1, 0.15) is 33.5 Å². The second kappa shape index (κ2) is 8.37. The van der Waals surface area contributed by atoms with Gasteiger partial charge in [-0.05, 0) is 52.2 Å². The summed E-state index contributed by atoms with van der Waals surface area (Å²) in [5.74, 6) is -5.83. The first-order chi connectivity index (χ1) is 16.3. The highest BCUT2D eigenvalue weighted by atomic mass is 28.3. The van der Waals surface area contributed by atoms with Crippen molar-refractivity contribution < 1.29 is 27.6 Å². The number of anilines is 1. The maximum Gasteiger partial charge on any atom is 0.339 e. The van der Waals surface area contributed by atoms with Crippen LogP contribution in [0.2, 0.25) is 13.1 Å². The van der Waals surface area contributed by atoms with Gasteiger partial charge in [0.25, 0.3) is 0 Å². The molecule has 1 aliphatic carbocycles. The normalized spacial score (nSPS) is 16.1. The summed E-state index contributed by atoms with van der Waals surface area (Å²) in [7, 11) is 5.30. The SMILES string of the molecule is Cc1c(F)c(F)c(C(=O)O)c(C2=C3C=CC(=[N+](C)C)C=C3[Si](C)(C)c3cc(N(C)C)ccc32)c1F. The Balaban J connectivity index is 2.24. The smallest absolute Gasteiger partial charge is 0.339 e. The summed E-state index contributed by atoms with van der Waals surface area (Å²) in [5, 5.41) is 11.8. The van der Waals surface area contributed by atoms with E-state index in [1.165, 1.54) is 0 Å². The molecule has 0 saturated carbocycles. The predicted octanol–water partition coefficient (Wildman–Crippen LogP) is 4.66. The van der Waals surface area contributed by atoms with Gasteiger partial charge in [-0.3, -0.25) is 0 Å². The van der Waals surface area contributed by atoms with Crippen molar-refractivity contribution in [2.45, 2.75) is 20.0 Å². The summed E-state index contributed by atoms with van der Waals surface area (Å²) in [6.07, 6.45) is 5.74. The van der Waals surface area contributed by atoms with Gasteiger partial charge in [0.05, 0.1) is 0 Å². The second-order valence-corrected chi connectivity index (χ2v) is 14.2. The van der Waals surface area contributed by atoms with Crippen molar-refractivity contribution in [2.24, 2.45) is 0 Å². The number of rotatable bonds is 3. The van der Waals surface area contributed by atoms with E-state index in [0.29, 0.717) is 11.1 Å². The lowest BCUT2D eigenvalue weighted by Crippen LogP contribution is -2.50. The molecule has 0 bridgehead atoms. The van der Waals surface area contributed by atoms with Crippen molar-refractivity contribution in [2.75, 3.05) is 33.1 Å². The minimum absolute atomic E-state index is 0.273. The van der Waals surface area contributed by atoms with E-state index in [2.05, 4.69) is 13.1 Å². The van der Waals surface area contributed by atoms with Crippen LogP contribution in [0, 0.1) is 24.4 Å². The molecule has 4 nitrogen and oxygen atoms in total. The van der Waals surface area contributed by atoms with Crippen LogP contribution in [-0.4, -0.2) is 57.6 Å². The molecule has 0 aromatic heterocycles. The van der Waals surface area contributed by atoms with Crippen LogP contribution in [0.4, 0.5) is 18.9 Å². The van der Waals surface area contributed by atoms with E-state index in [4.69, 9.17) is 0 Å². The van der Waals surface area contributed by atoms with Crippen LogP contribution in [0.1, 0.15) is 27.0 Å². The molecule has 0 saturated heterocycles. The largest absolute Gasteiger partial charge is 0.478 e. The van der Waals surface area contributed by atoms with Gasteiger partial charge in [0.15, 0.2) is 17.3 Å². The zero-order valence-corrected chi connectivity index (χ0v) is 21.8. The lowest BCUT2D eigenvalue weighted by molar-refractivity contribution is -0.462. The van der Waals surface area contributed by atoms with Crippen LogP contribution in [0.15, 0.2) is 47.2 Å². The number of halogens is 3. The molecule has 0 amide bonds. The fourth-order valence-corrected chi connectivity index (χ4v) is 7.93. The number of allylic oxidation sites excluding steroid dienone is 5. The number of hydrogen-bond acceptors (Lipinski definition) is 2. The Labute approximate surface area is 204 Å². The monoisotopic (exact) mass is 497 g/mol. The molecule has 0 fully saturated rings. The fourth-order valence-electron chi connectivity index (χ4n) is 4.86. The van der Waals surface area contributed by atoms with Crippen molar-refractivity contribution in [1.29, 1.82) is 0 Å². The molecule has 2 aromatic carbocycles. The highest BCUT2D eigenvalue weighted by molar-refractivity contribution is 6.98. The molecule has 0 radical (unpaired) electrons. The van der Waals surface area contributed by atoms with Gasteiger partial charge >= 0.3 is 5.97 Å². The van der Waals surface area contributed by atoms with Crippen LogP contribution in [-0.2, 0) is 0 Å². The molecule has 1 N–H and O–H groups in total. The van der Waals surface area contributed by atoms with Gasteiger partial charge in [0.2, 0.25) is 0 Å². The Morgan fingerprint density at radius 3 is 2.26 bits per heavy atom. The number of hydrogen-bond donors (Lipinski definition) is 1. The first-order valence-corrected chi connectivity index (χ1v) is 14.2.